The Morgan fingerprint density at radius 1 is 0.854 bits per heavy atom. The molecule has 2 bridgehead atoms. The first-order chi connectivity index (χ1) is 39.3. The highest BCUT2D eigenvalue weighted by Gasteiger charge is 2.52. The monoisotopic (exact) mass is 1150 g/mol. The van der Waals surface area contributed by atoms with Crippen molar-refractivity contribution in [3.63, 3.8) is 0 Å². The van der Waals surface area contributed by atoms with E-state index in [-0.39, 0.29) is 112 Å². The SMILES string of the molecule is CCC(C)C(C(CC(=O)N1CCCC1C(OC)C(C)C(=O)N[C@@H](C)CO)OC)N(C)C(=O)CNC(=O)C1C2CCC(C2)N1C(=O)OCc1ccc(NC(=O)C(CCCNC=O)NC(=O)CNC(=O)CCCCCN2C(=O)C=CC2=O)cc1. The number of anilines is 1. The van der Waals surface area contributed by atoms with Crippen LogP contribution in [-0.2, 0) is 68.8 Å². The molecule has 0 radical (unpaired) electrons. The summed E-state index contributed by atoms with van der Waals surface area (Å²) in [5, 5.41) is 25.5. The molecule has 82 heavy (non-hydrogen) atoms. The number of carbonyl (C=O) groups is 11. The zero-order chi connectivity index (χ0) is 60.0. The summed E-state index contributed by atoms with van der Waals surface area (Å²) in [5.41, 5.74) is 0.953. The number of hydrogen-bond acceptors (Lipinski definition) is 15. The average molecular weight is 1150 g/mol. The van der Waals surface area contributed by atoms with Crippen LogP contribution in [0, 0.1) is 17.8 Å². The molecule has 1 saturated carbocycles. The van der Waals surface area contributed by atoms with E-state index >= 15 is 0 Å². The fraction of sp³-hybridized carbons (Fsp3) is 0.667. The Labute approximate surface area is 480 Å². The summed E-state index contributed by atoms with van der Waals surface area (Å²) in [6, 6.07) is 2.98. The Kier molecular flexibility index (Phi) is 26.2. The van der Waals surface area contributed by atoms with Crippen molar-refractivity contribution in [1.82, 2.24) is 46.2 Å². The molecule has 11 atom stereocenters. The van der Waals surface area contributed by atoms with Gasteiger partial charge in [0.1, 0.15) is 18.7 Å². The van der Waals surface area contributed by atoms with Gasteiger partial charge in [-0.2, -0.15) is 0 Å². The molecule has 5 rings (SSSR count). The van der Waals surface area contributed by atoms with Gasteiger partial charge in [0.2, 0.25) is 47.8 Å². The number of nitrogens with one attached hydrogen (secondary N) is 6. The molecule has 7 N–H and O–H groups in total. The van der Waals surface area contributed by atoms with Crippen molar-refractivity contribution in [3.8, 4) is 0 Å². The fourth-order valence-electron chi connectivity index (χ4n) is 11.5. The second-order valence-corrected chi connectivity index (χ2v) is 21.9. The highest BCUT2D eigenvalue weighted by atomic mass is 16.6. The van der Waals surface area contributed by atoms with Crippen LogP contribution in [0.2, 0.25) is 0 Å². The number of unbranched alkanes of at least 4 members (excludes halogenated alkanes) is 2. The van der Waals surface area contributed by atoms with Crippen LogP contribution in [-0.4, -0.2) is 199 Å². The third-order valence-corrected chi connectivity index (χ3v) is 16.2. The number of imide groups is 1. The lowest BCUT2D eigenvalue weighted by molar-refractivity contribution is -0.146. The molecule has 25 nitrogen and oxygen atoms in total. The lowest BCUT2D eigenvalue weighted by atomic mass is 9.90. The first-order valence-corrected chi connectivity index (χ1v) is 28.7. The minimum Gasteiger partial charge on any atom is -0.445 e. The van der Waals surface area contributed by atoms with E-state index in [2.05, 4.69) is 31.9 Å². The van der Waals surface area contributed by atoms with Gasteiger partial charge in [0.15, 0.2) is 0 Å². The van der Waals surface area contributed by atoms with Crippen LogP contribution in [0.15, 0.2) is 36.4 Å². The maximum Gasteiger partial charge on any atom is 0.411 e. The van der Waals surface area contributed by atoms with Crippen LogP contribution >= 0.6 is 0 Å². The Morgan fingerprint density at radius 2 is 1.57 bits per heavy atom. The summed E-state index contributed by atoms with van der Waals surface area (Å²) in [7, 11) is 4.63. The summed E-state index contributed by atoms with van der Waals surface area (Å²) in [6.07, 6.45) is 7.10. The van der Waals surface area contributed by atoms with Crippen molar-refractivity contribution in [1.29, 1.82) is 0 Å². The third-order valence-electron chi connectivity index (χ3n) is 16.2. The number of carbonyl (C=O) groups excluding carboxylic acids is 11. The number of fused-ring (bicyclic) bond motifs is 2. The van der Waals surface area contributed by atoms with Crippen LogP contribution < -0.4 is 31.9 Å². The molecule has 2 saturated heterocycles. The number of aliphatic hydroxyl groups is 1. The van der Waals surface area contributed by atoms with Gasteiger partial charge in [-0.25, -0.2) is 4.79 Å². The zero-order valence-corrected chi connectivity index (χ0v) is 48.5. The molecule has 0 aromatic heterocycles. The van der Waals surface area contributed by atoms with Gasteiger partial charge in [0.05, 0.1) is 56.3 Å². The molecule has 10 unspecified atom stereocenters. The molecular formula is C57H86N10O15. The van der Waals surface area contributed by atoms with E-state index in [1.54, 1.807) is 50.1 Å². The van der Waals surface area contributed by atoms with Crippen molar-refractivity contribution < 1.29 is 72.1 Å². The second-order valence-electron chi connectivity index (χ2n) is 21.9. The van der Waals surface area contributed by atoms with Gasteiger partial charge in [0.25, 0.3) is 11.8 Å². The second kappa shape index (κ2) is 32.6. The van der Waals surface area contributed by atoms with E-state index in [0.29, 0.717) is 82.0 Å². The van der Waals surface area contributed by atoms with Crippen LogP contribution in [0.1, 0.15) is 117 Å². The molecule has 11 amide bonds. The molecule has 454 valence electrons. The zero-order valence-electron chi connectivity index (χ0n) is 48.5. The summed E-state index contributed by atoms with van der Waals surface area (Å²) < 4.78 is 17.5. The highest BCUT2D eigenvalue weighted by Crippen LogP contribution is 2.43. The Balaban J connectivity index is 1.10. The van der Waals surface area contributed by atoms with Gasteiger partial charge in [-0.05, 0) is 94.2 Å². The maximum atomic E-state index is 14.1. The predicted molar refractivity (Wildman–Crippen MR) is 298 cm³/mol. The van der Waals surface area contributed by atoms with Crippen LogP contribution in [0.25, 0.3) is 0 Å². The topological polar surface area (TPSA) is 321 Å². The highest BCUT2D eigenvalue weighted by molar-refractivity contribution is 6.12. The van der Waals surface area contributed by atoms with Gasteiger partial charge in [-0.15, -0.1) is 0 Å². The number of hydrogen-bond donors (Lipinski definition) is 7. The molecule has 3 aliphatic heterocycles. The van der Waals surface area contributed by atoms with E-state index in [1.165, 1.54) is 36.2 Å². The summed E-state index contributed by atoms with van der Waals surface area (Å²) in [4.78, 5) is 148. The number of nitrogens with zero attached hydrogens (tertiary/aromatic N) is 4. The number of piperidine rings is 1. The van der Waals surface area contributed by atoms with Gasteiger partial charge < -0.3 is 61.0 Å². The van der Waals surface area contributed by atoms with Gasteiger partial charge in [-0.3, -0.25) is 57.7 Å². The third kappa shape index (κ3) is 18.3. The predicted octanol–water partition coefficient (Wildman–Crippen LogP) is 1.26. The number of rotatable bonds is 34. The lowest BCUT2D eigenvalue weighted by Crippen LogP contribution is -2.56. The van der Waals surface area contributed by atoms with Crippen molar-refractivity contribution in [2.45, 2.75) is 166 Å². The number of aliphatic hydroxyl groups excluding tert-OH is 1. The van der Waals surface area contributed by atoms with Crippen LogP contribution in [0.3, 0.4) is 0 Å². The van der Waals surface area contributed by atoms with Crippen molar-refractivity contribution in [2.75, 3.05) is 65.9 Å². The molecule has 4 aliphatic rings. The van der Waals surface area contributed by atoms with E-state index in [0.717, 1.165) is 11.3 Å². The normalized spacial score (nSPS) is 20.7. The summed E-state index contributed by atoms with van der Waals surface area (Å²) >= 11 is 0. The van der Waals surface area contributed by atoms with E-state index in [9.17, 15) is 57.8 Å². The molecule has 3 heterocycles. The van der Waals surface area contributed by atoms with Gasteiger partial charge >= 0.3 is 6.09 Å². The Morgan fingerprint density at radius 3 is 2.23 bits per heavy atom. The van der Waals surface area contributed by atoms with E-state index in [4.69, 9.17) is 14.2 Å². The molecule has 0 spiro atoms. The first-order valence-electron chi connectivity index (χ1n) is 28.7. The molecular weight excluding hydrogens is 1060 g/mol. The van der Waals surface area contributed by atoms with Crippen LogP contribution in [0.5, 0.6) is 0 Å². The molecule has 3 fully saturated rings. The number of benzene rings is 1. The molecule has 1 aromatic carbocycles. The van der Waals surface area contributed by atoms with E-state index in [1.807, 2.05) is 13.8 Å². The number of ether oxygens (including phenoxy) is 3. The number of methoxy groups -OCH3 is 2. The Bertz CT molecular complexity index is 2410. The minimum atomic E-state index is -1.03. The van der Waals surface area contributed by atoms with E-state index < -0.39 is 72.0 Å². The van der Waals surface area contributed by atoms with Crippen molar-refractivity contribution in [3.05, 3.63) is 42.0 Å². The van der Waals surface area contributed by atoms with Crippen LogP contribution in [0.4, 0.5) is 10.5 Å². The standard InChI is InChI=1S/C57H86N10O15/c1-8-35(2)51(44(80-6)29-49(74)65-27-13-15-43(65)53(81-7)37(4)54(76)61-36(3)32-68)64(5)50(75)31-60-56(78)52-39-19-22-41(28-39)67(52)57(79)82-33-38-17-20-40(21-18-38)62-55(77)42(14-12-25-58-34-69)63-46(71)30-59-45(70)16-10-9-11-26-66-47(72)23-24-48(66)73/h17-18,20-21,23-24,34-37,39,41-44,51-53,68H,8-16,19,22,25-33H2,1-7H3,(H,58,69)(H,59,70)(H,60,78)(H,61,76)(H,62,77)(H,63,71)/t35?,36-,37?,39?,41?,42?,43?,44?,51?,52?,53?/m0/s1. The fourth-order valence-corrected chi connectivity index (χ4v) is 11.5. The number of amides is 11. The van der Waals surface area contributed by atoms with Gasteiger partial charge in [0, 0.05) is 77.2 Å². The smallest absolute Gasteiger partial charge is 0.411 e. The quantitative estimate of drug-likeness (QED) is 0.0290. The number of likely N-dealkylation sites (tertiary alicyclic amines) is 2. The molecule has 1 aliphatic carbocycles. The Hall–Kier alpha value is -6.99. The average Bonchev–Trinajstić information content (AvgIpc) is 4.43. The maximum absolute atomic E-state index is 14.1. The molecule has 25 heteroatoms. The number of likely N-dealkylation sites (N-methyl/N-ethyl adjacent to an activating group) is 1. The summed E-state index contributed by atoms with van der Waals surface area (Å²) in [5.74, 6) is -4.54. The summed E-state index contributed by atoms with van der Waals surface area (Å²) in [6.45, 7) is 7.21. The lowest BCUT2D eigenvalue weighted by Gasteiger charge is -2.39. The van der Waals surface area contributed by atoms with Gasteiger partial charge in [-0.1, -0.05) is 45.7 Å². The minimum absolute atomic E-state index is 0.0518. The first kappa shape index (κ1) is 65.8. The van der Waals surface area contributed by atoms with Crippen molar-refractivity contribution >= 4 is 71.4 Å². The van der Waals surface area contributed by atoms with Crippen molar-refractivity contribution in [2.24, 2.45) is 17.8 Å². The molecule has 1 aromatic rings. The largest absolute Gasteiger partial charge is 0.445 e.